The summed E-state index contributed by atoms with van der Waals surface area (Å²) in [5, 5.41) is 3.52. The van der Waals surface area contributed by atoms with Crippen LogP contribution < -0.4 is 10.1 Å². The molecule has 0 heterocycles. The molecule has 1 aromatic carbocycles. The second kappa shape index (κ2) is 6.78. The van der Waals surface area contributed by atoms with Crippen LogP contribution in [-0.4, -0.2) is 25.2 Å². The number of esters is 1. The Hall–Kier alpha value is -1.26. The average molecular weight is 286 g/mol. The molecule has 106 valence electrons. The molecule has 1 N–H and O–H groups in total. The average Bonchev–Trinajstić information content (AvgIpc) is 2.33. The molecule has 4 nitrogen and oxygen atoms in total. The summed E-state index contributed by atoms with van der Waals surface area (Å²) < 4.78 is 10.6. The van der Waals surface area contributed by atoms with E-state index < -0.39 is 11.6 Å². The predicted molar refractivity (Wildman–Crippen MR) is 75.6 cm³/mol. The zero-order valence-electron chi connectivity index (χ0n) is 11.7. The van der Waals surface area contributed by atoms with Gasteiger partial charge in [-0.2, -0.15) is 0 Å². The third-order valence-corrected chi connectivity index (χ3v) is 2.80. The van der Waals surface area contributed by atoms with Gasteiger partial charge in [-0.25, -0.2) is 4.79 Å². The summed E-state index contributed by atoms with van der Waals surface area (Å²) >= 11 is 6.15. The number of ether oxygens (including phenoxy) is 2. The van der Waals surface area contributed by atoms with Gasteiger partial charge >= 0.3 is 5.97 Å². The van der Waals surface area contributed by atoms with Crippen LogP contribution in [0.2, 0.25) is 5.02 Å². The van der Waals surface area contributed by atoms with Crippen molar-refractivity contribution < 1.29 is 14.3 Å². The Balaban J connectivity index is 2.84. The van der Waals surface area contributed by atoms with Crippen LogP contribution in [-0.2, 0) is 16.1 Å². The molecule has 0 aromatic heterocycles. The van der Waals surface area contributed by atoms with Gasteiger partial charge in [0, 0.05) is 6.54 Å². The minimum Gasteiger partial charge on any atom is -0.475 e. The zero-order valence-corrected chi connectivity index (χ0v) is 12.5. The number of halogens is 1. The summed E-state index contributed by atoms with van der Waals surface area (Å²) in [7, 11) is 1.86. The largest absolute Gasteiger partial charge is 0.475 e. The summed E-state index contributed by atoms with van der Waals surface area (Å²) in [6, 6.07) is 5.48. The van der Waals surface area contributed by atoms with Gasteiger partial charge in [-0.3, -0.25) is 0 Å². The lowest BCUT2D eigenvalue weighted by atomic mass is 10.1. The van der Waals surface area contributed by atoms with Gasteiger partial charge in [-0.05, 0) is 45.5 Å². The van der Waals surface area contributed by atoms with E-state index in [-0.39, 0.29) is 0 Å². The van der Waals surface area contributed by atoms with Gasteiger partial charge in [0.05, 0.1) is 11.6 Å². The Morgan fingerprint density at radius 3 is 2.63 bits per heavy atom. The maximum Gasteiger partial charge on any atom is 0.349 e. The molecule has 0 spiro atoms. The molecule has 0 saturated carbocycles. The summed E-state index contributed by atoms with van der Waals surface area (Å²) in [6.07, 6.45) is 0. The minimum atomic E-state index is -1.07. The Bertz CT molecular complexity index is 446. The molecule has 19 heavy (non-hydrogen) atoms. The van der Waals surface area contributed by atoms with Crippen molar-refractivity contribution in [3.8, 4) is 5.75 Å². The van der Waals surface area contributed by atoms with E-state index in [4.69, 9.17) is 21.1 Å². The van der Waals surface area contributed by atoms with Gasteiger partial charge in [-0.1, -0.05) is 17.7 Å². The van der Waals surface area contributed by atoms with E-state index in [1.165, 1.54) is 0 Å². The van der Waals surface area contributed by atoms with Gasteiger partial charge in [0.15, 0.2) is 5.60 Å². The zero-order chi connectivity index (χ0) is 14.5. The molecule has 1 rings (SSSR count). The quantitative estimate of drug-likeness (QED) is 0.817. The third-order valence-electron chi connectivity index (χ3n) is 2.51. The molecule has 0 radical (unpaired) electrons. The first-order chi connectivity index (χ1) is 8.90. The molecule has 1 aromatic rings. The first-order valence-corrected chi connectivity index (χ1v) is 6.57. The minimum absolute atomic E-state index is 0.320. The molecule has 0 aliphatic heterocycles. The molecular weight excluding hydrogens is 266 g/mol. The van der Waals surface area contributed by atoms with E-state index in [0.29, 0.717) is 17.4 Å². The molecule has 5 heteroatoms. The van der Waals surface area contributed by atoms with Crippen LogP contribution in [0.1, 0.15) is 26.3 Å². The molecular formula is C14H20ClNO3. The maximum absolute atomic E-state index is 11.7. The smallest absolute Gasteiger partial charge is 0.349 e. The summed E-state index contributed by atoms with van der Waals surface area (Å²) in [4.78, 5) is 11.7. The van der Waals surface area contributed by atoms with Crippen molar-refractivity contribution in [2.75, 3.05) is 13.7 Å². The van der Waals surface area contributed by atoms with E-state index in [1.54, 1.807) is 26.8 Å². The fraction of sp³-hybridized carbons (Fsp3) is 0.500. The highest BCUT2D eigenvalue weighted by Crippen LogP contribution is 2.29. The fourth-order valence-corrected chi connectivity index (χ4v) is 1.80. The second-order valence-corrected chi connectivity index (χ2v) is 5.04. The summed E-state index contributed by atoms with van der Waals surface area (Å²) in [5.41, 5.74) is -0.0155. The van der Waals surface area contributed by atoms with E-state index in [2.05, 4.69) is 5.32 Å². The lowest BCUT2D eigenvalue weighted by molar-refractivity contribution is -0.158. The van der Waals surface area contributed by atoms with Crippen molar-refractivity contribution in [3.63, 3.8) is 0 Å². The number of rotatable bonds is 6. The van der Waals surface area contributed by atoms with Crippen LogP contribution in [0.5, 0.6) is 5.75 Å². The van der Waals surface area contributed by atoms with Crippen LogP contribution >= 0.6 is 11.6 Å². The standard InChI is InChI=1S/C14H20ClNO3/c1-5-18-13(17)14(2,3)19-12-7-6-10(9-16-4)8-11(12)15/h6-8,16H,5,9H2,1-4H3. The Morgan fingerprint density at radius 2 is 2.11 bits per heavy atom. The lowest BCUT2D eigenvalue weighted by Gasteiger charge is -2.24. The van der Waals surface area contributed by atoms with Gasteiger partial charge < -0.3 is 14.8 Å². The van der Waals surface area contributed by atoms with Crippen LogP contribution in [0.4, 0.5) is 0 Å². The fourth-order valence-electron chi connectivity index (χ4n) is 1.56. The second-order valence-electron chi connectivity index (χ2n) is 4.63. The highest BCUT2D eigenvalue weighted by atomic mass is 35.5. The molecule has 0 atom stereocenters. The van der Waals surface area contributed by atoms with Crippen molar-refractivity contribution in [1.29, 1.82) is 0 Å². The Morgan fingerprint density at radius 1 is 1.42 bits per heavy atom. The summed E-state index contributed by atoms with van der Waals surface area (Å²) in [5.74, 6) is 0.0601. The number of nitrogens with one attached hydrogen (secondary N) is 1. The van der Waals surface area contributed by atoms with Crippen molar-refractivity contribution in [3.05, 3.63) is 28.8 Å². The highest BCUT2D eigenvalue weighted by Gasteiger charge is 2.32. The SMILES string of the molecule is CCOC(=O)C(C)(C)Oc1ccc(CNC)cc1Cl. The maximum atomic E-state index is 11.7. The van der Waals surface area contributed by atoms with Crippen LogP contribution in [0.3, 0.4) is 0 Å². The number of carbonyl (C=O) groups is 1. The monoisotopic (exact) mass is 285 g/mol. The number of hydrogen-bond donors (Lipinski definition) is 1. The molecule has 0 amide bonds. The first-order valence-electron chi connectivity index (χ1n) is 6.20. The first kappa shape index (κ1) is 15.8. The van der Waals surface area contributed by atoms with E-state index in [1.807, 2.05) is 19.2 Å². The van der Waals surface area contributed by atoms with Crippen LogP contribution in [0, 0.1) is 0 Å². The van der Waals surface area contributed by atoms with E-state index >= 15 is 0 Å². The van der Waals surface area contributed by atoms with Gasteiger partial charge in [-0.15, -0.1) is 0 Å². The number of hydrogen-bond acceptors (Lipinski definition) is 4. The third kappa shape index (κ3) is 4.40. The van der Waals surface area contributed by atoms with Crippen molar-refractivity contribution in [1.82, 2.24) is 5.32 Å². The van der Waals surface area contributed by atoms with Crippen LogP contribution in [0.25, 0.3) is 0 Å². The highest BCUT2D eigenvalue weighted by molar-refractivity contribution is 6.32. The summed E-state index contributed by atoms with van der Waals surface area (Å²) in [6.45, 7) is 6.11. The molecule has 0 fully saturated rings. The Labute approximate surface area is 119 Å². The van der Waals surface area contributed by atoms with Gasteiger partial charge in [0.25, 0.3) is 0 Å². The normalized spacial score (nSPS) is 11.2. The number of benzene rings is 1. The topological polar surface area (TPSA) is 47.6 Å². The molecule has 0 bridgehead atoms. The van der Waals surface area contributed by atoms with Crippen molar-refractivity contribution in [2.24, 2.45) is 0 Å². The Kier molecular flexibility index (Phi) is 5.63. The van der Waals surface area contributed by atoms with Crippen LogP contribution in [0.15, 0.2) is 18.2 Å². The van der Waals surface area contributed by atoms with Gasteiger partial charge in [0.2, 0.25) is 0 Å². The van der Waals surface area contributed by atoms with Gasteiger partial charge in [0.1, 0.15) is 5.75 Å². The number of carbonyl (C=O) groups excluding carboxylic acids is 1. The molecule has 0 aliphatic rings. The van der Waals surface area contributed by atoms with Crippen molar-refractivity contribution in [2.45, 2.75) is 32.9 Å². The molecule has 0 unspecified atom stereocenters. The molecule has 0 saturated heterocycles. The van der Waals surface area contributed by atoms with E-state index in [9.17, 15) is 4.79 Å². The predicted octanol–water partition coefficient (Wildman–Crippen LogP) is 2.78. The molecule has 0 aliphatic carbocycles. The lowest BCUT2D eigenvalue weighted by Crippen LogP contribution is -2.39. The van der Waals surface area contributed by atoms with E-state index in [0.717, 1.165) is 12.1 Å². The van der Waals surface area contributed by atoms with Crippen molar-refractivity contribution >= 4 is 17.6 Å².